The summed E-state index contributed by atoms with van der Waals surface area (Å²) in [5.74, 6) is 2.77. The number of rotatable bonds is 7. The first kappa shape index (κ1) is 23.2. The summed E-state index contributed by atoms with van der Waals surface area (Å²) >= 11 is 0. The van der Waals surface area contributed by atoms with Crippen molar-refractivity contribution in [1.29, 1.82) is 0 Å². The second kappa shape index (κ2) is 10.3. The molecule has 34 heavy (non-hydrogen) atoms. The van der Waals surface area contributed by atoms with Crippen molar-refractivity contribution >= 4 is 23.2 Å². The third-order valence-electron chi connectivity index (χ3n) is 5.78. The molecule has 0 unspecified atom stereocenters. The maximum absolute atomic E-state index is 13.1. The zero-order valence-electron chi connectivity index (χ0n) is 19.9. The first-order chi connectivity index (χ1) is 16.5. The molecule has 2 aromatic carbocycles. The van der Waals surface area contributed by atoms with Crippen molar-refractivity contribution in [2.45, 2.75) is 6.92 Å². The molecule has 9 heteroatoms. The topological polar surface area (TPSA) is 89.1 Å². The van der Waals surface area contributed by atoms with E-state index in [9.17, 15) is 4.79 Å². The van der Waals surface area contributed by atoms with Gasteiger partial charge in [-0.3, -0.25) is 4.79 Å². The van der Waals surface area contributed by atoms with Gasteiger partial charge in [0.15, 0.2) is 23.1 Å². The molecular weight excluding hydrogens is 434 g/mol. The number of aryl methyl sites for hydroxylation is 1. The number of ether oxygens (including phenoxy) is 3. The van der Waals surface area contributed by atoms with Gasteiger partial charge in [0, 0.05) is 37.4 Å². The van der Waals surface area contributed by atoms with E-state index in [0.29, 0.717) is 54.8 Å². The molecule has 1 saturated heterocycles. The summed E-state index contributed by atoms with van der Waals surface area (Å²) in [7, 11) is 4.61. The smallest absolute Gasteiger partial charge is 0.254 e. The maximum atomic E-state index is 13.1. The van der Waals surface area contributed by atoms with Crippen molar-refractivity contribution in [2.24, 2.45) is 0 Å². The number of hydrogen-bond donors (Lipinski definition) is 1. The predicted octanol–water partition coefficient (Wildman–Crippen LogP) is 3.52. The lowest BCUT2D eigenvalue weighted by atomic mass is 10.1. The number of anilines is 3. The van der Waals surface area contributed by atoms with Crippen LogP contribution in [0.5, 0.6) is 17.2 Å². The van der Waals surface area contributed by atoms with Crippen molar-refractivity contribution in [3.63, 3.8) is 0 Å². The second-order valence-electron chi connectivity index (χ2n) is 7.96. The molecule has 1 fully saturated rings. The molecule has 3 aromatic rings. The summed E-state index contributed by atoms with van der Waals surface area (Å²) < 4.78 is 16.1. The zero-order chi connectivity index (χ0) is 24.1. The van der Waals surface area contributed by atoms with E-state index >= 15 is 0 Å². The molecule has 1 aromatic heterocycles. The fraction of sp³-hybridized carbons (Fsp3) is 0.320. The number of carbonyl (C=O) groups excluding carboxylic acids is 1. The van der Waals surface area contributed by atoms with E-state index in [4.69, 9.17) is 14.2 Å². The molecule has 1 aliphatic heterocycles. The number of nitrogens with one attached hydrogen (secondary N) is 1. The van der Waals surface area contributed by atoms with Gasteiger partial charge in [0.25, 0.3) is 5.91 Å². The highest BCUT2D eigenvalue weighted by Crippen LogP contribution is 2.38. The molecule has 0 atom stereocenters. The Bertz CT molecular complexity index is 1100. The van der Waals surface area contributed by atoms with E-state index in [1.807, 2.05) is 41.3 Å². The molecule has 1 N–H and O–H groups in total. The molecule has 0 saturated carbocycles. The molecule has 0 aliphatic carbocycles. The van der Waals surface area contributed by atoms with Crippen molar-refractivity contribution in [2.75, 3.05) is 57.7 Å². The standard InChI is InChI=1S/C25H29N5O4/c1-17-5-7-19(8-6-17)26-22-9-10-23(28-27-22)29-11-13-30(14-12-29)25(31)18-15-20(32-2)24(34-4)21(16-18)33-3/h5-10,15-16H,11-14H2,1-4H3,(H,26,27). The van der Waals surface area contributed by atoms with Crippen LogP contribution in [0.15, 0.2) is 48.5 Å². The van der Waals surface area contributed by atoms with Crippen LogP contribution in [-0.4, -0.2) is 68.5 Å². The zero-order valence-corrected chi connectivity index (χ0v) is 19.9. The molecular formula is C25H29N5O4. The highest BCUT2D eigenvalue weighted by molar-refractivity contribution is 5.95. The van der Waals surface area contributed by atoms with Crippen LogP contribution in [0.1, 0.15) is 15.9 Å². The normalized spacial score (nSPS) is 13.4. The lowest BCUT2D eigenvalue weighted by Gasteiger charge is -2.35. The minimum Gasteiger partial charge on any atom is -0.493 e. The molecule has 9 nitrogen and oxygen atoms in total. The van der Waals surface area contributed by atoms with Crippen molar-refractivity contribution in [3.05, 3.63) is 59.7 Å². The summed E-state index contributed by atoms with van der Waals surface area (Å²) in [6.07, 6.45) is 0. The van der Waals surface area contributed by atoms with E-state index in [1.54, 1.807) is 12.1 Å². The number of carbonyl (C=O) groups is 1. The van der Waals surface area contributed by atoms with Gasteiger partial charge in [0.1, 0.15) is 0 Å². The van der Waals surface area contributed by atoms with Gasteiger partial charge in [0.05, 0.1) is 21.3 Å². The molecule has 0 bridgehead atoms. The molecule has 0 radical (unpaired) electrons. The third-order valence-corrected chi connectivity index (χ3v) is 5.78. The lowest BCUT2D eigenvalue weighted by Crippen LogP contribution is -2.49. The molecule has 1 amide bonds. The van der Waals surface area contributed by atoms with Gasteiger partial charge in [-0.15, -0.1) is 10.2 Å². The van der Waals surface area contributed by atoms with Gasteiger partial charge in [-0.1, -0.05) is 17.7 Å². The van der Waals surface area contributed by atoms with Gasteiger partial charge in [-0.2, -0.15) is 0 Å². The Kier molecular flexibility index (Phi) is 7.01. The molecule has 2 heterocycles. The molecule has 0 spiro atoms. The van der Waals surface area contributed by atoms with Gasteiger partial charge < -0.3 is 29.3 Å². The summed E-state index contributed by atoms with van der Waals surface area (Å²) in [5.41, 5.74) is 2.66. The number of aromatic nitrogens is 2. The first-order valence-electron chi connectivity index (χ1n) is 11.0. The van der Waals surface area contributed by atoms with E-state index in [2.05, 4.69) is 27.3 Å². The van der Waals surface area contributed by atoms with E-state index in [0.717, 1.165) is 11.5 Å². The van der Waals surface area contributed by atoms with Crippen molar-refractivity contribution in [1.82, 2.24) is 15.1 Å². The number of amides is 1. The maximum Gasteiger partial charge on any atom is 0.254 e. The fourth-order valence-corrected chi connectivity index (χ4v) is 3.87. The summed E-state index contributed by atoms with van der Waals surface area (Å²) in [4.78, 5) is 17.1. The second-order valence-corrected chi connectivity index (χ2v) is 7.96. The quantitative estimate of drug-likeness (QED) is 0.569. The van der Waals surface area contributed by atoms with E-state index in [1.165, 1.54) is 26.9 Å². The van der Waals surface area contributed by atoms with Crippen LogP contribution in [0.3, 0.4) is 0 Å². The number of nitrogens with zero attached hydrogens (tertiary/aromatic N) is 4. The van der Waals surface area contributed by atoms with Crippen LogP contribution in [0.4, 0.5) is 17.3 Å². The summed E-state index contributed by atoms with van der Waals surface area (Å²) in [5, 5.41) is 11.9. The van der Waals surface area contributed by atoms with Crippen molar-refractivity contribution < 1.29 is 19.0 Å². The SMILES string of the molecule is COc1cc(C(=O)N2CCN(c3ccc(Nc4ccc(C)cc4)nn3)CC2)cc(OC)c1OC. The van der Waals surface area contributed by atoms with Gasteiger partial charge in [-0.25, -0.2) is 0 Å². The van der Waals surface area contributed by atoms with Gasteiger partial charge in [0.2, 0.25) is 5.75 Å². The van der Waals surface area contributed by atoms with E-state index in [-0.39, 0.29) is 5.91 Å². The summed E-state index contributed by atoms with van der Waals surface area (Å²) in [6.45, 7) is 4.52. The Hall–Kier alpha value is -4.01. The Morgan fingerprint density at radius 1 is 0.853 bits per heavy atom. The van der Waals surface area contributed by atoms with E-state index < -0.39 is 0 Å². The molecule has 178 valence electrons. The minimum atomic E-state index is -0.0809. The van der Waals surface area contributed by atoms with Crippen LogP contribution in [0.25, 0.3) is 0 Å². The van der Waals surface area contributed by atoms with Crippen LogP contribution in [-0.2, 0) is 0 Å². The monoisotopic (exact) mass is 463 g/mol. The summed E-state index contributed by atoms with van der Waals surface area (Å²) in [6, 6.07) is 15.3. The van der Waals surface area contributed by atoms with Gasteiger partial charge >= 0.3 is 0 Å². The first-order valence-corrected chi connectivity index (χ1v) is 11.0. The van der Waals surface area contributed by atoms with Crippen molar-refractivity contribution in [3.8, 4) is 17.2 Å². The van der Waals surface area contributed by atoms with Crippen LogP contribution in [0.2, 0.25) is 0 Å². The fourth-order valence-electron chi connectivity index (χ4n) is 3.87. The Morgan fingerprint density at radius 2 is 1.50 bits per heavy atom. The average Bonchev–Trinajstić information content (AvgIpc) is 2.89. The number of methoxy groups -OCH3 is 3. The Labute approximate surface area is 199 Å². The number of piperazine rings is 1. The van der Waals surface area contributed by atoms with Gasteiger partial charge in [-0.05, 0) is 43.3 Å². The largest absolute Gasteiger partial charge is 0.493 e. The molecule has 1 aliphatic rings. The Morgan fingerprint density at radius 3 is 2.03 bits per heavy atom. The predicted molar refractivity (Wildman–Crippen MR) is 131 cm³/mol. The minimum absolute atomic E-state index is 0.0809. The highest BCUT2D eigenvalue weighted by Gasteiger charge is 2.25. The number of benzene rings is 2. The third kappa shape index (κ3) is 4.98. The number of hydrogen-bond acceptors (Lipinski definition) is 8. The highest BCUT2D eigenvalue weighted by atomic mass is 16.5. The average molecular weight is 464 g/mol. The lowest BCUT2D eigenvalue weighted by molar-refractivity contribution is 0.0745. The Balaban J connectivity index is 1.38. The van der Waals surface area contributed by atoms with Crippen LogP contribution < -0.4 is 24.4 Å². The molecule has 4 rings (SSSR count). The van der Waals surface area contributed by atoms with Crippen LogP contribution >= 0.6 is 0 Å². The van der Waals surface area contributed by atoms with Crippen LogP contribution in [0, 0.1) is 6.92 Å².